The summed E-state index contributed by atoms with van der Waals surface area (Å²) in [4.78, 5) is 13.8. The third-order valence-corrected chi connectivity index (χ3v) is 7.30. The molecule has 2 aromatic heterocycles. The van der Waals surface area contributed by atoms with Gasteiger partial charge in [0.05, 0.1) is 40.8 Å². The summed E-state index contributed by atoms with van der Waals surface area (Å²) in [6.07, 6.45) is 4.66. The second kappa shape index (κ2) is 9.43. The minimum atomic E-state index is 0.275. The SMILES string of the molecule is N#Cc1cc(Nc2nc(NC3CC3)n3ncc(C#N)c3n2)c(Cl)c(N2CCN(C3CCOC3)CC2)c1. The molecule has 36 heavy (non-hydrogen) atoms. The number of piperazine rings is 1. The molecule has 2 saturated heterocycles. The van der Waals surface area contributed by atoms with Crippen LogP contribution in [0.5, 0.6) is 0 Å². The maximum absolute atomic E-state index is 9.71. The lowest BCUT2D eigenvalue weighted by atomic mass is 10.1. The summed E-state index contributed by atoms with van der Waals surface area (Å²) in [6, 6.07) is 8.71. The first-order chi connectivity index (χ1) is 17.6. The second-order valence-electron chi connectivity index (χ2n) is 9.33. The van der Waals surface area contributed by atoms with Gasteiger partial charge in [0, 0.05) is 44.9 Å². The molecule has 4 heterocycles. The van der Waals surface area contributed by atoms with E-state index >= 15 is 0 Å². The number of ether oxygens (including phenoxy) is 1. The van der Waals surface area contributed by atoms with Crippen molar-refractivity contribution in [1.82, 2.24) is 24.5 Å². The van der Waals surface area contributed by atoms with E-state index in [4.69, 9.17) is 16.3 Å². The molecule has 3 fully saturated rings. The van der Waals surface area contributed by atoms with Crippen LogP contribution < -0.4 is 15.5 Å². The van der Waals surface area contributed by atoms with Gasteiger partial charge < -0.3 is 20.3 Å². The fourth-order valence-corrected chi connectivity index (χ4v) is 5.05. The van der Waals surface area contributed by atoms with Crippen LogP contribution >= 0.6 is 11.6 Å². The highest BCUT2D eigenvalue weighted by Gasteiger charge is 2.28. The Balaban J connectivity index is 1.29. The van der Waals surface area contributed by atoms with Crippen molar-refractivity contribution in [3.8, 4) is 12.1 Å². The smallest absolute Gasteiger partial charge is 0.232 e. The molecule has 1 unspecified atom stereocenters. The summed E-state index contributed by atoms with van der Waals surface area (Å²) in [7, 11) is 0. The topological polar surface area (TPSA) is 130 Å². The molecule has 184 valence electrons. The molecule has 12 heteroatoms. The number of nitrogens with one attached hydrogen (secondary N) is 2. The van der Waals surface area contributed by atoms with Gasteiger partial charge in [-0.05, 0) is 31.4 Å². The Bertz CT molecular complexity index is 1370. The van der Waals surface area contributed by atoms with Crippen molar-refractivity contribution >= 4 is 40.5 Å². The molecule has 11 nitrogen and oxygen atoms in total. The van der Waals surface area contributed by atoms with Gasteiger partial charge in [-0.3, -0.25) is 4.90 Å². The Kier molecular flexibility index (Phi) is 5.97. The number of halogens is 1. The van der Waals surface area contributed by atoms with E-state index in [0.717, 1.165) is 64.3 Å². The monoisotopic (exact) mass is 504 g/mol. The molecule has 1 aliphatic carbocycles. The van der Waals surface area contributed by atoms with Gasteiger partial charge in [-0.15, -0.1) is 0 Å². The van der Waals surface area contributed by atoms with Crippen molar-refractivity contribution in [2.45, 2.75) is 31.3 Å². The first-order valence-electron chi connectivity index (χ1n) is 12.1. The lowest BCUT2D eigenvalue weighted by Gasteiger charge is -2.39. The zero-order valence-corrected chi connectivity index (χ0v) is 20.4. The van der Waals surface area contributed by atoms with Crippen LogP contribution in [0.4, 0.5) is 23.3 Å². The maximum Gasteiger partial charge on any atom is 0.232 e. The predicted molar refractivity (Wildman–Crippen MR) is 135 cm³/mol. The molecule has 1 atom stereocenters. The van der Waals surface area contributed by atoms with Crippen LogP contribution in [0.2, 0.25) is 5.02 Å². The number of nitriles is 2. The van der Waals surface area contributed by atoms with Gasteiger partial charge in [-0.1, -0.05) is 11.6 Å². The third-order valence-electron chi connectivity index (χ3n) is 6.91. The number of rotatable bonds is 6. The van der Waals surface area contributed by atoms with Crippen LogP contribution in [0.3, 0.4) is 0 Å². The van der Waals surface area contributed by atoms with Crippen molar-refractivity contribution in [2.24, 2.45) is 0 Å². The quantitative estimate of drug-likeness (QED) is 0.516. The van der Waals surface area contributed by atoms with E-state index in [1.807, 2.05) is 6.07 Å². The first-order valence-corrected chi connectivity index (χ1v) is 12.5. The standard InChI is InChI=1S/C24H25ClN10O/c25-21-19(30-23-31-22-16(12-27)13-28-35(22)24(32-23)29-17-1-2-17)9-15(11-26)10-20(21)34-6-4-33(5-7-34)18-3-8-36-14-18/h9-10,13,17-18H,1-8,14H2,(H2,29,30,31,32). The lowest BCUT2D eigenvalue weighted by Crippen LogP contribution is -2.50. The third kappa shape index (κ3) is 4.37. The zero-order chi connectivity index (χ0) is 24.6. The van der Waals surface area contributed by atoms with Gasteiger partial charge in [0.1, 0.15) is 11.6 Å². The summed E-state index contributed by atoms with van der Waals surface area (Å²) < 4.78 is 7.09. The molecule has 3 aromatic rings. The highest BCUT2D eigenvalue weighted by Crippen LogP contribution is 2.37. The average Bonchev–Trinajstić information content (AvgIpc) is 3.37. The van der Waals surface area contributed by atoms with Gasteiger partial charge in [0.2, 0.25) is 11.9 Å². The fraction of sp³-hybridized carbons (Fsp3) is 0.458. The van der Waals surface area contributed by atoms with Crippen molar-refractivity contribution in [2.75, 3.05) is 54.9 Å². The molecular formula is C24H25ClN10O. The van der Waals surface area contributed by atoms with E-state index in [-0.39, 0.29) is 5.95 Å². The Hall–Kier alpha value is -3.64. The number of aromatic nitrogens is 4. The lowest BCUT2D eigenvalue weighted by molar-refractivity contribution is 0.139. The summed E-state index contributed by atoms with van der Waals surface area (Å²) in [6.45, 7) is 5.08. The highest BCUT2D eigenvalue weighted by atomic mass is 35.5. The van der Waals surface area contributed by atoms with Gasteiger partial charge in [0.25, 0.3) is 0 Å². The number of nitrogens with zero attached hydrogens (tertiary/aromatic N) is 8. The molecule has 2 N–H and O–H groups in total. The van der Waals surface area contributed by atoms with Crippen LogP contribution in [0.1, 0.15) is 30.4 Å². The molecule has 0 spiro atoms. The predicted octanol–water partition coefficient (Wildman–Crippen LogP) is 2.75. The Morgan fingerprint density at radius 3 is 2.58 bits per heavy atom. The van der Waals surface area contributed by atoms with Crippen LogP contribution in [0.25, 0.3) is 5.65 Å². The van der Waals surface area contributed by atoms with E-state index in [1.54, 1.807) is 6.07 Å². The fourth-order valence-electron chi connectivity index (χ4n) is 4.77. The first kappa shape index (κ1) is 22.8. The van der Waals surface area contributed by atoms with E-state index in [2.05, 4.69) is 47.6 Å². The highest BCUT2D eigenvalue weighted by molar-refractivity contribution is 6.36. The Morgan fingerprint density at radius 1 is 1.06 bits per heavy atom. The van der Waals surface area contributed by atoms with E-state index in [1.165, 1.54) is 10.7 Å². The molecule has 0 bridgehead atoms. The van der Waals surface area contributed by atoms with Gasteiger partial charge in [0.15, 0.2) is 5.65 Å². The van der Waals surface area contributed by atoms with E-state index in [9.17, 15) is 10.5 Å². The van der Waals surface area contributed by atoms with Crippen molar-refractivity contribution in [1.29, 1.82) is 10.5 Å². The maximum atomic E-state index is 9.71. The summed E-state index contributed by atoms with van der Waals surface area (Å²) in [5, 5.41) is 30.5. The average molecular weight is 505 g/mol. The minimum absolute atomic E-state index is 0.275. The van der Waals surface area contributed by atoms with Crippen LogP contribution in [0, 0.1) is 22.7 Å². The Labute approximate surface area is 213 Å². The largest absolute Gasteiger partial charge is 0.380 e. The van der Waals surface area contributed by atoms with Crippen molar-refractivity contribution < 1.29 is 4.74 Å². The molecule has 3 aliphatic rings. The van der Waals surface area contributed by atoms with E-state index < -0.39 is 0 Å². The van der Waals surface area contributed by atoms with Crippen LogP contribution in [-0.2, 0) is 4.74 Å². The number of hydrogen-bond acceptors (Lipinski definition) is 10. The molecule has 1 aromatic carbocycles. The number of benzene rings is 1. The summed E-state index contributed by atoms with van der Waals surface area (Å²) in [5.74, 6) is 0.781. The van der Waals surface area contributed by atoms with E-state index in [0.29, 0.717) is 45.5 Å². The Morgan fingerprint density at radius 2 is 1.89 bits per heavy atom. The van der Waals surface area contributed by atoms with Crippen LogP contribution in [0.15, 0.2) is 18.3 Å². The van der Waals surface area contributed by atoms with Crippen molar-refractivity contribution in [3.63, 3.8) is 0 Å². The molecule has 6 rings (SSSR count). The second-order valence-corrected chi connectivity index (χ2v) is 9.71. The number of anilines is 4. The number of hydrogen-bond donors (Lipinski definition) is 2. The van der Waals surface area contributed by atoms with Crippen molar-refractivity contribution in [3.05, 3.63) is 34.5 Å². The zero-order valence-electron chi connectivity index (χ0n) is 19.6. The van der Waals surface area contributed by atoms with Gasteiger partial charge in [-0.25, -0.2) is 0 Å². The molecule has 2 aliphatic heterocycles. The minimum Gasteiger partial charge on any atom is -0.380 e. The molecule has 0 amide bonds. The van der Waals surface area contributed by atoms with Crippen LogP contribution in [-0.4, -0.2) is 76.0 Å². The van der Waals surface area contributed by atoms with Gasteiger partial charge in [-0.2, -0.15) is 30.1 Å². The summed E-state index contributed by atoms with van der Waals surface area (Å²) in [5.41, 5.74) is 2.58. The summed E-state index contributed by atoms with van der Waals surface area (Å²) >= 11 is 6.89. The molecular weight excluding hydrogens is 480 g/mol. The number of fused-ring (bicyclic) bond motifs is 1. The normalized spacial score (nSPS) is 20.3. The molecule has 0 radical (unpaired) electrons. The van der Waals surface area contributed by atoms with Gasteiger partial charge >= 0.3 is 0 Å². The molecule has 1 saturated carbocycles.